The molecule has 0 saturated carbocycles. The number of halogens is 2. The van der Waals surface area contributed by atoms with Gasteiger partial charge < -0.3 is 19.9 Å². The number of rotatable bonds is 8. The van der Waals surface area contributed by atoms with Crippen molar-refractivity contribution in [3.63, 3.8) is 0 Å². The Morgan fingerprint density at radius 3 is 2.38 bits per heavy atom. The maximum atomic E-state index is 11.2. The number of benzene rings is 3. The summed E-state index contributed by atoms with van der Waals surface area (Å²) in [5.41, 5.74) is 2.67. The minimum atomic E-state index is -1.07. The van der Waals surface area contributed by atoms with E-state index in [1.807, 2.05) is 42.5 Å². The molecular formula is C22H19Cl2NO4. The largest absolute Gasteiger partial charge is 0.493 e. The quantitative estimate of drug-likeness (QED) is 0.465. The summed E-state index contributed by atoms with van der Waals surface area (Å²) in [7, 11) is 1.58. The Balaban J connectivity index is 1.66. The first-order valence-corrected chi connectivity index (χ1v) is 9.52. The van der Waals surface area contributed by atoms with Gasteiger partial charge in [-0.1, -0.05) is 41.4 Å². The van der Waals surface area contributed by atoms with Gasteiger partial charge in [0.1, 0.15) is 6.61 Å². The van der Waals surface area contributed by atoms with E-state index in [2.05, 4.69) is 5.32 Å². The molecule has 0 saturated heterocycles. The van der Waals surface area contributed by atoms with Gasteiger partial charge >= 0.3 is 5.97 Å². The fourth-order valence-electron chi connectivity index (χ4n) is 2.69. The second-order valence-corrected chi connectivity index (χ2v) is 7.10. The van der Waals surface area contributed by atoms with Crippen LogP contribution in [0.2, 0.25) is 10.0 Å². The van der Waals surface area contributed by atoms with E-state index < -0.39 is 5.97 Å². The van der Waals surface area contributed by atoms with Gasteiger partial charge in [0.25, 0.3) is 0 Å². The van der Waals surface area contributed by atoms with Gasteiger partial charge in [0.15, 0.2) is 11.5 Å². The van der Waals surface area contributed by atoms with E-state index >= 15 is 0 Å². The molecule has 0 aliphatic heterocycles. The molecule has 3 aromatic rings. The number of hydrogen-bond acceptors (Lipinski definition) is 4. The molecule has 0 aromatic heterocycles. The predicted molar refractivity (Wildman–Crippen MR) is 115 cm³/mol. The van der Waals surface area contributed by atoms with Crippen LogP contribution >= 0.6 is 23.2 Å². The molecular weight excluding hydrogens is 413 g/mol. The second kappa shape index (κ2) is 9.54. The van der Waals surface area contributed by atoms with E-state index in [4.69, 9.17) is 32.7 Å². The molecule has 0 unspecified atom stereocenters. The van der Waals surface area contributed by atoms with Crippen LogP contribution in [0, 0.1) is 0 Å². The highest BCUT2D eigenvalue weighted by Crippen LogP contribution is 2.29. The first-order valence-electron chi connectivity index (χ1n) is 8.77. The van der Waals surface area contributed by atoms with Gasteiger partial charge in [-0.2, -0.15) is 0 Å². The van der Waals surface area contributed by atoms with Crippen LogP contribution in [0.1, 0.15) is 21.5 Å². The number of aromatic carboxylic acids is 1. The lowest BCUT2D eigenvalue weighted by Crippen LogP contribution is -2.04. The van der Waals surface area contributed by atoms with Gasteiger partial charge in [-0.05, 0) is 53.6 Å². The maximum Gasteiger partial charge on any atom is 0.337 e. The fourth-order valence-corrected chi connectivity index (χ4v) is 3.01. The van der Waals surface area contributed by atoms with Gasteiger partial charge in [-0.15, -0.1) is 0 Å². The lowest BCUT2D eigenvalue weighted by molar-refractivity contribution is 0.0697. The first-order chi connectivity index (χ1) is 14.0. The number of carboxylic acid groups (broad SMARTS) is 1. The minimum absolute atomic E-state index is 0.0557. The van der Waals surface area contributed by atoms with Crippen molar-refractivity contribution in [2.45, 2.75) is 13.2 Å². The minimum Gasteiger partial charge on any atom is -0.493 e. The van der Waals surface area contributed by atoms with Crippen molar-refractivity contribution < 1.29 is 19.4 Å². The molecule has 3 aromatic carbocycles. The van der Waals surface area contributed by atoms with Crippen LogP contribution in [-0.4, -0.2) is 18.2 Å². The number of nitrogens with one attached hydrogen (secondary N) is 1. The smallest absolute Gasteiger partial charge is 0.337 e. The highest BCUT2D eigenvalue weighted by molar-refractivity contribution is 6.33. The van der Waals surface area contributed by atoms with E-state index in [1.165, 1.54) is 6.07 Å². The van der Waals surface area contributed by atoms with Gasteiger partial charge in [-0.25, -0.2) is 4.79 Å². The van der Waals surface area contributed by atoms with Crippen LogP contribution in [0.25, 0.3) is 0 Å². The van der Waals surface area contributed by atoms with Gasteiger partial charge in [-0.3, -0.25) is 0 Å². The van der Waals surface area contributed by atoms with E-state index in [-0.39, 0.29) is 10.6 Å². The number of ether oxygens (including phenoxy) is 2. The monoisotopic (exact) mass is 431 g/mol. The molecule has 0 aliphatic rings. The van der Waals surface area contributed by atoms with Crippen molar-refractivity contribution in [1.82, 2.24) is 0 Å². The highest BCUT2D eigenvalue weighted by atomic mass is 35.5. The number of carboxylic acids is 1. The molecule has 5 nitrogen and oxygen atoms in total. The molecule has 0 amide bonds. The molecule has 7 heteroatoms. The number of hydrogen-bond donors (Lipinski definition) is 2. The zero-order valence-electron chi connectivity index (χ0n) is 15.6. The van der Waals surface area contributed by atoms with Crippen molar-refractivity contribution >= 4 is 34.9 Å². The lowest BCUT2D eigenvalue weighted by atomic mass is 10.1. The number of methoxy groups -OCH3 is 1. The average Bonchev–Trinajstić information content (AvgIpc) is 2.72. The summed E-state index contributed by atoms with van der Waals surface area (Å²) in [6.07, 6.45) is 0. The Morgan fingerprint density at radius 1 is 0.966 bits per heavy atom. The molecule has 0 heterocycles. The number of carbonyl (C=O) groups is 1. The molecule has 0 bridgehead atoms. The third-order valence-corrected chi connectivity index (χ3v) is 4.81. The van der Waals surface area contributed by atoms with Crippen LogP contribution in [0.5, 0.6) is 11.5 Å². The summed E-state index contributed by atoms with van der Waals surface area (Å²) >= 11 is 11.8. The van der Waals surface area contributed by atoms with Crippen molar-refractivity contribution in [1.29, 1.82) is 0 Å². The number of anilines is 1. The topological polar surface area (TPSA) is 67.8 Å². The van der Waals surface area contributed by atoms with E-state index in [1.54, 1.807) is 19.2 Å². The highest BCUT2D eigenvalue weighted by Gasteiger charge is 2.10. The van der Waals surface area contributed by atoms with Crippen molar-refractivity contribution in [3.05, 3.63) is 87.4 Å². The normalized spacial score (nSPS) is 10.4. The molecule has 0 spiro atoms. The fraction of sp³-hybridized carbons (Fsp3) is 0.136. The Hall–Kier alpha value is -2.89. The molecule has 0 fully saturated rings. The zero-order valence-corrected chi connectivity index (χ0v) is 17.1. The van der Waals surface area contributed by atoms with Gasteiger partial charge in [0.05, 0.1) is 17.7 Å². The van der Waals surface area contributed by atoms with E-state index in [0.717, 1.165) is 11.1 Å². The summed E-state index contributed by atoms with van der Waals surface area (Å²) < 4.78 is 11.3. The van der Waals surface area contributed by atoms with Crippen molar-refractivity contribution in [2.24, 2.45) is 0 Å². The molecule has 150 valence electrons. The van der Waals surface area contributed by atoms with Crippen LogP contribution in [0.15, 0.2) is 60.7 Å². The van der Waals surface area contributed by atoms with Crippen molar-refractivity contribution in [2.75, 3.05) is 12.4 Å². The summed E-state index contributed by atoms with van der Waals surface area (Å²) in [6, 6.07) is 17.9. The molecule has 29 heavy (non-hydrogen) atoms. The lowest BCUT2D eigenvalue weighted by Gasteiger charge is -2.13. The summed E-state index contributed by atoms with van der Waals surface area (Å²) in [4.78, 5) is 11.2. The Bertz CT molecular complexity index is 1010. The average molecular weight is 432 g/mol. The van der Waals surface area contributed by atoms with Crippen LogP contribution in [0.4, 0.5) is 5.69 Å². The van der Waals surface area contributed by atoms with E-state index in [9.17, 15) is 9.90 Å². The first kappa shape index (κ1) is 20.8. The molecule has 0 radical (unpaired) electrons. The third kappa shape index (κ3) is 5.56. The van der Waals surface area contributed by atoms with Crippen LogP contribution < -0.4 is 14.8 Å². The Kier molecular flexibility index (Phi) is 6.86. The third-order valence-electron chi connectivity index (χ3n) is 4.23. The van der Waals surface area contributed by atoms with Crippen LogP contribution in [-0.2, 0) is 13.2 Å². The molecule has 0 aliphatic carbocycles. The summed E-state index contributed by atoms with van der Waals surface area (Å²) in [5.74, 6) is 0.175. The van der Waals surface area contributed by atoms with Gasteiger partial charge in [0.2, 0.25) is 0 Å². The van der Waals surface area contributed by atoms with E-state index in [0.29, 0.717) is 35.4 Å². The maximum absolute atomic E-state index is 11.2. The Morgan fingerprint density at radius 2 is 1.69 bits per heavy atom. The second-order valence-electron chi connectivity index (χ2n) is 6.25. The van der Waals surface area contributed by atoms with Gasteiger partial charge in [0, 0.05) is 17.3 Å². The van der Waals surface area contributed by atoms with Crippen LogP contribution in [0.3, 0.4) is 0 Å². The standard InChI is InChI=1S/C22H19Cl2NO4/c1-28-21-10-15(12-25-17-7-8-19(24)18(11-17)22(26)27)4-9-20(21)29-13-14-2-5-16(23)6-3-14/h2-11,25H,12-13H2,1H3,(H,26,27). The molecule has 2 N–H and O–H groups in total. The summed E-state index contributed by atoms with van der Waals surface area (Å²) in [6.45, 7) is 0.877. The zero-order chi connectivity index (χ0) is 20.8. The predicted octanol–water partition coefficient (Wildman–Crippen LogP) is 5.89. The van der Waals surface area contributed by atoms with Crippen molar-refractivity contribution in [3.8, 4) is 11.5 Å². The molecule has 0 atom stereocenters. The SMILES string of the molecule is COc1cc(CNc2ccc(Cl)c(C(=O)O)c2)ccc1OCc1ccc(Cl)cc1. The summed E-state index contributed by atoms with van der Waals surface area (Å²) in [5, 5.41) is 13.2. The molecule has 3 rings (SSSR count). The Labute approximate surface area is 178 Å².